The smallest absolute Gasteiger partial charge is 0.00472 e. The standard InChI is InChI=1S/C18H38N2/c1-6-17(4)13-20(5)15-18(10-8-7-9-11-18)14-19-12-16(2)3/h16-17,19H,6-15H2,1-5H3. The van der Waals surface area contributed by atoms with E-state index in [1.807, 2.05) is 0 Å². The van der Waals surface area contributed by atoms with Crippen LogP contribution in [0, 0.1) is 17.3 Å². The summed E-state index contributed by atoms with van der Waals surface area (Å²) < 4.78 is 0. The zero-order chi connectivity index (χ0) is 15.0. The van der Waals surface area contributed by atoms with E-state index in [-0.39, 0.29) is 0 Å². The molecule has 120 valence electrons. The molecule has 1 fully saturated rings. The molecule has 0 aromatic rings. The van der Waals surface area contributed by atoms with Crippen molar-refractivity contribution in [3.8, 4) is 0 Å². The Kier molecular flexibility index (Phi) is 8.13. The third-order valence-electron chi connectivity index (χ3n) is 4.89. The van der Waals surface area contributed by atoms with Crippen molar-refractivity contribution in [2.24, 2.45) is 17.3 Å². The Labute approximate surface area is 127 Å². The zero-order valence-corrected chi connectivity index (χ0v) is 14.7. The molecule has 20 heavy (non-hydrogen) atoms. The fourth-order valence-corrected chi connectivity index (χ4v) is 3.62. The number of hydrogen-bond donors (Lipinski definition) is 1. The molecule has 0 aliphatic heterocycles. The van der Waals surface area contributed by atoms with Crippen LogP contribution in [0.4, 0.5) is 0 Å². The van der Waals surface area contributed by atoms with E-state index in [0.29, 0.717) is 5.41 Å². The molecule has 1 N–H and O–H groups in total. The second-order valence-electron chi connectivity index (χ2n) is 7.80. The van der Waals surface area contributed by atoms with E-state index in [2.05, 4.69) is 45.0 Å². The summed E-state index contributed by atoms with van der Waals surface area (Å²) in [7, 11) is 2.32. The Morgan fingerprint density at radius 2 is 1.75 bits per heavy atom. The Bertz CT molecular complexity index is 244. The zero-order valence-electron chi connectivity index (χ0n) is 14.7. The van der Waals surface area contributed by atoms with E-state index >= 15 is 0 Å². The molecule has 0 radical (unpaired) electrons. The van der Waals surface area contributed by atoms with Crippen LogP contribution in [0.1, 0.15) is 66.2 Å². The summed E-state index contributed by atoms with van der Waals surface area (Å²) in [5, 5.41) is 3.74. The highest BCUT2D eigenvalue weighted by Crippen LogP contribution is 2.36. The molecule has 0 saturated heterocycles. The van der Waals surface area contributed by atoms with Gasteiger partial charge >= 0.3 is 0 Å². The monoisotopic (exact) mass is 282 g/mol. The van der Waals surface area contributed by atoms with Gasteiger partial charge in [-0.1, -0.05) is 53.4 Å². The quantitative estimate of drug-likeness (QED) is 0.683. The SMILES string of the molecule is CCC(C)CN(C)CC1(CNCC(C)C)CCCCC1. The second kappa shape index (κ2) is 9.04. The minimum Gasteiger partial charge on any atom is -0.316 e. The Hall–Kier alpha value is -0.0800. The number of nitrogens with one attached hydrogen (secondary N) is 1. The van der Waals surface area contributed by atoms with Gasteiger partial charge in [-0.3, -0.25) is 0 Å². The van der Waals surface area contributed by atoms with E-state index in [9.17, 15) is 0 Å². The van der Waals surface area contributed by atoms with Crippen molar-refractivity contribution in [2.45, 2.75) is 66.2 Å². The first-order valence-corrected chi connectivity index (χ1v) is 8.86. The summed E-state index contributed by atoms with van der Waals surface area (Å²) in [6.07, 6.45) is 8.44. The molecule has 2 nitrogen and oxygen atoms in total. The van der Waals surface area contributed by atoms with Crippen LogP contribution < -0.4 is 5.32 Å². The highest BCUT2D eigenvalue weighted by molar-refractivity contribution is 4.87. The molecule has 1 atom stereocenters. The van der Waals surface area contributed by atoms with Crippen LogP contribution in [0.3, 0.4) is 0 Å². The van der Waals surface area contributed by atoms with Gasteiger partial charge < -0.3 is 10.2 Å². The predicted molar refractivity (Wildman–Crippen MR) is 90.2 cm³/mol. The van der Waals surface area contributed by atoms with Gasteiger partial charge in [-0.15, -0.1) is 0 Å². The molecule has 0 spiro atoms. The second-order valence-corrected chi connectivity index (χ2v) is 7.80. The third-order valence-corrected chi connectivity index (χ3v) is 4.89. The molecule has 0 heterocycles. The number of rotatable bonds is 9. The molecular formula is C18H38N2. The summed E-state index contributed by atoms with van der Waals surface area (Å²) in [5.74, 6) is 1.58. The predicted octanol–water partition coefficient (Wildman–Crippen LogP) is 4.16. The van der Waals surface area contributed by atoms with Crippen LogP contribution in [0.5, 0.6) is 0 Å². The average molecular weight is 283 g/mol. The average Bonchev–Trinajstić information content (AvgIpc) is 2.38. The minimum absolute atomic E-state index is 0.537. The van der Waals surface area contributed by atoms with Crippen LogP contribution in [0.25, 0.3) is 0 Å². The first kappa shape index (κ1) is 18.0. The first-order chi connectivity index (χ1) is 9.47. The Morgan fingerprint density at radius 3 is 2.30 bits per heavy atom. The highest BCUT2D eigenvalue weighted by Gasteiger charge is 2.32. The maximum absolute atomic E-state index is 3.74. The van der Waals surface area contributed by atoms with E-state index in [1.165, 1.54) is 58.2 Å². The first-order valence-electron chi connectivity index (χ1n) is 8.86. The van der Waals surface area contributed by atoms with Crippen LogP contribution in [-0.4, -0.2) is 38.1 Å². The van der Waals surface area contributed by atoms with Crippen LogP contribution in [0.15, 0.2) is 0 Å². The van der Waals surface area contributed by atoms with Gasteiger partial charge in [0.05, 0.1) is 0 Å². The van der Waals surface area contributed by atoms with Crippen molar-refractivity contribution in [1.29, 1.82) is 0 Å². The van der Waals surface area contributed by atoms with E-state index in [4.69, 9.17) is 0 Å². The summed E-state index contributed by atoms with van der Waals surface area (Å²) in [4.78, 5) is 2.59. The molecule has 0 bridgehead atoms. The van der Waals surface area contributed by atoms with Crippen LogP contribution >= 0.6 is 0 Å². The van der Waals surface area contributed by atoms with Crippen molar-refractivity contribution in [2.75, 3.05) is 33.2 Å². The topological polar surface area (TPSA) is 15.3 Å². The lowest BCUT2D eigenvalue weighted by Gasteiger charge is -2.41. The molecule has 1 unspecified atom stereocenters. The van der Waals surface area contributed by atoms with Crippen molar-refractivity contribution in [1.82, 2.24) is 10.2 Å². The van der Waals surface area contributed by atoms with E-state index < -0.39 is 0 Å². The minimum atomic E-state index is 0.537. The number of hydrogen-bond acceptors (Lipinski definition) is 2. The highest BCUT2D eigenvalue weighted by atomic mass is 15.1. The largest absolute Gasteiger partial charge is 0.316 e. The fourth-order valence-electron chi connectivity index (χ4n) is 3.62. The van der Waals surface area contributed by atoms with Gasteiger partial charge in [0.25, 0.3) is 0 Å². The molecule has 1 aliphatic rings. The summed E-state index contributed by atoms with van der Waals surface area (Å²) in [6.45, 7) is 14.2. The van der Waals surface area contributed by atoms with E-state index in [1.54, 1.807) is 0 Å². The van der Waals surface area contributed by atoms with Crippen LogP contribution in [-0.2, 0) is 0 Å². The summed E-state index contributed by atoms with van der Waals surface area (Å²) in [6, 6.07) is 0. The molecule has 1 rings (SSSR count). The van der Waals surface area contributed by atoms with Gasteiger partial charge in [0.1, 0.15) is 0 Å². The summed E-state index contributed by atoms with van der Waals surface area (Å²) >= 11 is 0. The molecule has 1 saturated carbocycles. The van der Waals surface area contributed by atoms with Gasteiger partial charge in [-0.2, -0.15) is 0 Å². The third kappa shape index (κ3) is 6.58. The molecular weight excluding hydrogens is 244 g/mol. The number of nitrogens with zero attached hydrogens (tertiary/aromatic N) is 1. The van der Waals surface area contributed by atoms with Gasteiger partial charge in [0.2, 0.25) is 0 Å². The maximum atomic E-state index is 3.74. The van der Waals surface area contributed by atoms with Gasteiger partial charge in [-0.05, 0) is 43.7 Å². The van der Waals surface area contributed by atoms with Gasteiger partial charge in [0, 0.05) is 19.6 Å². The van der Waals surface area contributed by atoms with Crippen molar-refractivity contribution in [3.63, 3.8) is 0 Å². The molecule has 0 aromatic heterocycles. The normalized spacial score (nSPS) is 20.6. The Balaban J connectivity index is 2.49. The van der Waals surface area contributed by atoms with Crippen molar-refractivity contribution in [3.05, 3.63) is 0 Å². The van der Waals surface area contributed by atoms with Crippen molar-refractivity contribution >= 4 is 0 Å². The van der Waals surface area contributed by atoms with Gasteiger partial charge in [-0.25, -0.2) is 0 Å². The molecule has 2 heteroatoms. The molecule has 0 amide bonds. The van der Waals surface area contributed by atoms with Gasteiger partial charge in [0.15, 0.2) is 0 Å². The summed E-state index contributed by atoms with van der Waals surface area (Å²) in [5.41, 5.74) is 0.537. The fraction of sp³-hybridized carbons (Fsp3) is 1.00. The molecule has 1 aliphatic carbocycles. The lowest BCUT2D eigenvalue weighted by molar-refractivity contribution is 0.108. The lowest BCUT2D eigenvalue weighted by Crippen LogP contribution is -2.45. The van der Waals surface area contributed by atoms with Crippen LogP contribution in [0.2, 0.25) is 0 Å². The maximum Gasteiger partial charge on any atom is 0.00472 e. The van der Waals surface area contributed by atoms with Crippen molar-refractivity contribution < 1.29 is 0 Å². The Morgan fingerprint density at radius 1 is 1.10 bits per heavy atom. The lowest BCUT2D eigenvalue weighted by atomic mass is 9.73. The molecule has 0 aromatic carbocycles. The van der Waals surface area contributed by atoms with E-state index in [0.717, 1.165) is 18.4 Å².